The predicted molar refractivity (Wildman–Crippen MR) is 69.3 cm³/mol. The van der Waals surface area contributed by atoms with Gasteiger partial charge >= 0.3 is 6.18 Å². The van der Waals surface area contributed by atoms with Crippen LogP contribution in [0.5, 0.6) is 0 Å². The lowest BCUT2D eigenvalue weighted by Crippen LogP contribution is -2.49. The van der Waals surface area contributed by atoms with Crippen LogP contribution in [0.25, 0.3) is 0 Å². The van der Waals surface area contributed by atoms with Crippen molar-refractivity contribution < 1.29 is 13.2 Å². The number of rotatable bonds is 3. The number of nitrogens with zero attached hydrogens (tertiary/aromatic N) is 1. The molecule has 0 aromatic rings. The van der Waals surface area contributed by atoms with Gasteiger partial charge in [0.1, 0.15) is 5.92 Å². The van der Waals surface area contributed by atoms with Crippen LogP contribution in [0.15, 0.2) is 0 Å². The van der Waals surface area contributed by atoms with Gasteiger partial charge in [-0.1, -0.05) is 12.2 Å². The molecule has 0 saturated carbocycles. The third-order valence-electron chi connectivity index (χ3n) is 2.68. The highest BCUT2D eigenvalue weighted by Gasteiger charge is 2.43. The van der Waals surface area contributed by atoms with Gasteiger partial charge < -0.3 is 10.6 Å². The largest absolute Gasteiger partial charge is 0.399 e. The Kier molecular flexibility index (Phi) is 4.71. The highest BCUT2D eigenvalue weighted by molar-refractivity contribution is 8.00. The van der Waals surface area contributed by atoms with Crippen LogP contribution in [-0.4, -0.2) is 46.2 Å². The number of nitrogens with two attached hydrogens (primary N) is 1. The van der Waals surface area contributed by atoms with Crippen LogP contribution in [0.3, 0.4) is 0 Å². The van der Waals surface area contributed by atoms with E-state index in [1.807, 2.05) is 13.8 Å². The zero-order valence-electron chi connectivity index (χ0n) is 9.88. The Hall–Kier alpha value is -0.0100. The topological polar surface area (TPSA) is 29.3 Å². The van der Waals surface area contributed by atoms with E-state index in [1.165, 1.54) is 0 Å². The molecule has 0 bridgehead atoms. The Morgan fingerprint density at radius 1 is 1.53 bits per heavy atom. The van der Waals surface area contributed by atoms with Crippen LogP contribution < -0.4 is 5.73 Å². The Balaban J connectivity index is 2.65. The summed E-state index contributed by atoms with van der Waals surface area (Å²) in [5, 5.41) is 0. The molecule has 1 aliphatic rings. The lowest BCUT2D eigenvalue weighted by Gasteiger charge is -2.39. The van der Waals surface area contributed by atoms with Crippen molar-refractivity contribution in [1.29, 1.82) is 0 Å². The fourth-order valence-corrected chi connectivity index (χ4v) is 3.27. The number of alkyl halides is 3. The number of thioether (sulfide) groups is 1. The fourth-order valence-electron chi connectivity index (χ4n) is 1.88. The molecule has 0 aromatic heterocycles. The summed E-state index contributed by atoms with van der Waals surface area (Å²) in [5.41, 5.74) is 5.19. The Morgan fingerprint density at radius 3 is 2.53 bits per heavy atom. The average Bonchev–Trinajstić information content (AvgIpc) is 2.10. The minimum absolute atomic E-state index is 0.00931. The van der Waals surface area contributed by atoms with Gasteiger partial charge in [-0.25, -0.2) is 0 Å². The normalized spacial score (nSPS) is 23.4. The molecule has 2 nitrogen and oxygen atoms in total. The second kappa shape index (κ2) is 5.32. The highest BCUT2D eigenvalue weighted by Crippen LogP contribution is 2.32. The van der Waals surface area contributed by atoms with E-state index in [2.05, 4.69) is 12.2 Å². The lowest BCUT2D eigenvalue weighted by atomic mass is 10.1. The summed E-state index contributed by atoms with van der Waals surface area (Å²) in [6.07, 6.45) is -4.35. The SMILES string of the molecule is CC1(C)CN(CC(C(N)=S)C(F)(F)F)CCS1. The maximum atomic E-state index is 12.7. The van der Waals surface area contributed by atoms with E-state index in [4.69, 9.17) is 5.73 Å². The van der Waals surface area contributed by atoms with Crippen LogP contribution in [0.4, 0.5) is 13.2 Å². The summed E-state index contributed by atoms with van der Waals surface area (Å²) in [4.78, 5) is 1.34. The maximum absolute atomic E-state index is 12.7. The molecule has 0 aliphatic carbocycles. The van der Waals surface area contributed by atoms with E-state index < -0.39 is 17.1 Å². The van der Waals surface area contributed by atoms with Gasteiger partial charge in [-0.3, -0.25) is 0 Å². The van der Waals surface area contributed by atoms with Crippen LogP contribution >= 0.6 is 24.0 Å². The van der Waals surface area contributed by atoms with Gasteiger partial charge in [-0.05, 0) is 13.8 Å². The number of hydrogen-bond acceptors (Lipinski definition) is 3. The minimum atomic E-state index is -4.35. The maximum Gasteiger partial charge on any atom is 0.399 e. The molecule has 0 aromatic carbocycles. The van der Waals surface area contributed by atoms with Crippen molar-refractivity contribution in [2.24, 2.45) is 11.7 Å². The molecular weight excluding hydrogens is 269 g/mol. The molecule has 17 heavy (non-hydrogen) atoms. The van der Waals surface area contributed by atoms with Crippen LogP contribution in [0.2, 0.25) is 0 Å². The van der Waals surface area contributed by atoms with Gasteiger partial charge in [0.25, 0.3) is 0 Å². The zero-order valence-corrected chi connectivity index (χ0v) is 11.5. The van der Waals surface area contributed by atoms with E-state index in [9.17, 15) is 13.2 Å². The number of thiocarbonyl (C=S) groups is 1. The molecule has 1 heterocycles. The first-order valence-electron chi connectivity index (χ1n) is 5.34. The second-order valence-corrected chi connectivity index (χ2v) is 7.11. The van der Waals surface area contributed by atoms with Gasteiger partial charge in [0.05, 0.1) is 4.99 Å². The van der Waals surface area contributed by atoms with Crippen molar-refractivity contribution in [1.82, 2.24) is 4.90 Å². The van der Waals surface area contributed by atoms with Gasteiger partial charge in [0.15, 0.2) is 0 Å². The van der Waals surface area contributed by atoms with Crippen molar-refractivity contribution in [2.45, 2.75) is 24.8 Å². The number of halogens is 3. The fraction of sp³-hybridized carbons (Fsp3) is 0.900. The number of hydrogen-bond donors (Lipinski definition) is 1. The minimum Gasteiger partial charge on any atom is -0.393 e. The van der Waals surface area contributed by atoms with E-state index >= 15 is 0 Å². The van der Waals surface area contributed by atoms with E-state index in [0.717, 1.165) is 5.75 Å². The summed E-state index contributed by atoms with van der Waals surface area (Å²) in [6, 6.07) is 0. The first-order chi connectivity index (χ1) is 7.62. The predicted octanol–water partition coefficient (Wildman–Crippen LogP) is 2.28. The molecule has 0 amide bonds. The third kappa shape index (κ3) is 4.63. The van der Waals surface area contributed by atoms with E-state index in [-0.39, 0.29) is 11.3 Å². The highest BCUT2D eigenvalue weighted by atomic mass is 32.2. The third-order valence-corrected chi connectivity index (χ3v) is 4.27. The summed E-state index contributed by atoms with van der Waals surface area (Å²) in [7, 11) is 0. The van der Waals surface area contributed by atoms with Crippen LogP contribution in [0, 0.1) is 5.92 Å². The van der Waals surface area contributed by atoms with Crippen molar-refractivity contribution in [3.05, 3.63) is 0 Å². The Bertz CT molecular complexity index is 292. The molecular formula is C10H17F3N2S2. The quantitative estimate of drug-likeness (QED) is 0.806. The lowest BCUT2D eigenvalue weighted by molar-refractivity contribution is -0.159. The molecule has 1 rings (SSSR count). The zero-order chi connectivity index (χ0) is 13.3. The molecule has 1 aliphatic heterocycles. The first kappa shape index (κ1) is 15.0. The van der Waals surface area contributed by atoms with Gasteiger partial charge in [0.2, 0.25) is 0 Å². The van der Waals surface area contributed by atoms with Crippen molar-refractivity contribution in [2.75, 3.05) is 25.4 Å². The van der Waals surface area contributed by atoms with Gasteiger partial charge in [-0.2, -0.15) is 24.9 Å². The average molecular weight is 286 g/mol. The summed E-state index contributed by atoms with van der Waals surface area (Å²) >= 11 is 6.30. The molecule has 2 N–H and O–H groups in total. The van der Waals surface area contributed by atoms with Crippen LogP contribution in [-0.2, 0) is 0 Å². The molecule has 100 valence electrons. The summed E-state index contributed by atoms with van der Waals surface area (Å²) < 4.78 is 38.1. The van der Waals surface area contributed by atoms with Gasteiger partial charge in [-0.15, -0.1) is 0 Å². The van der Waals surface area contributed by atoms with Gasteiger partial charge in [0, 0.05) is 30.1 Å². The first-order valence-corrected chi connectivity index (χ1v) is 6.73. The molecule has 1 unspecified atom stereocenters. The molecule has 0 radical (unpaired) electrons. The smallest absolute Gasteiger partial charge is 0.393 e. The molecule has 0 spiro atoms. The molecule has 7 heteroatoms. The summed E-state index contributed by atoms with van der Waals surface area (Å²) in [6.45, 7) is 5.24. The van der Waals surface area contributed by atoms with E-state index in [0.29, 0.717) is 13.1 Å². The second-order valence-electron chi connectivity index (χ2n) is 4.84. The van der Waals surface area contributed by atoms with Crippen molar-refractivity contribution >= 4 is 29.0 Å². The van der Waals surface area contributed by atoms with Crippen molar-refractivity contribution in [3.8, 4) is 0 Å². The molecule has 1 fully saturated rings. The Labute approximate surface area is 109 Å². The van der Waals surface area contributed by atoms with Crippen LogP contribution in [0.1, 0.15) is 13.8 Å². The Morgan fingerprint density at radius 2 is 2.12 bits per heavy atom. The van der Waals surface area contributed by atoms with Crippen molar-refractivity contribution in [3.63, 3.8) is 0 Å². The summed E-state index contributed by atoms with van der Waals surface area (Å²) in [5.74, 6) is -0.856. The van der Waals surface area contributed by atoms with E-state index in [1.54, 1.807) is 16.7 Å². The molecule has 1 atom stereocenters. The standard InChI is InChI=1S/C10H17F3N2S2/c1-9(2)6-15(3-4-17-9)5-7(8(14)16)10(11,12)13/h7H,3-6H2,1-2H3,(H2,14,16). The molecule has 1 saturated heterocycles. The monoisotopic (exact) mass is 286 g/mol.